The van der Waals surface area contributed by atoms with Crippen LogP contribution >= 0.6 is 24.8 Å². The van der Waals surface area contributed by atoms with E-state index in [-0.39, 0.29) is 24.8 Å². The minimum Gasteiger partial charge on any atom is -0.147 e. The van der Waals surface area contributed by atoms with Crippen LogP contribution in [0.4, 0.5) is 0 Å². The number of allylic oxidation sites excluding steroid dienone is 4. The number of aryl methyl sites for hydroxylation is 2. The van der Waals surface area contributed by atoms with Gasteiger partial charge >= 0.3 is 100 Å². The van der Waals surface area contributed by atoms with Crippen LogP contribution in [0.2, 0.25) is 0 Å². The Balaban J connectivity index is 0.00000128. The van der Waals surface area contributed by atoms with Gasteiger partial charge in [-0.25, -0.2) is 0 Å². The number of rotatable bonds is 3. The Morgan fingerprint density at radius 2 is 1.76 bits per heavy atom. The first-order valence-electron chi connectivity index (χ1n) is 5.12. The normalized spacial score (nSPS) is 12.2. The molecule has 0 N–H and O–H groups in total. The second-order valence-corrected chi connectivity index (χ2v) is 5.39. The van der Waals surface area contributed by atoms with Crippen molar-refractivity contribution in [1.82, 2.24) is 0 Å². The Bertz CT molecular complexity index is 407. The van der Waals surface area contributed by atoms with Gasteiger partial charge in [-0.3, -0.25) is 0 Å². The molecule has 0 amide bonds. The van der Waals surface area contributed by atoms with Crippen LogP contribution in [0.25, 0.3) is 0 Å². The van der Waals surface area contributed by atoms with Crippen molar-refractivity contribution < 1.29 is 22.9 Å². The fourth-order valence-corrected chi connectivity index (χ4v) is 3.04. The summed E-state index contributed by atoms with van der Waals surface area (Å²) >= 11 is -0.429. The molecular formula is C13H16Cl2OTi. The molecule has 0 fully saturated rings. The summed E-state index contributed by atoms with van der Waals surface area (Å²) in [6.45, 7) is 4.21. The topological polar surface area (TPSA) is 9.23 Å². The number of hydrogen-bond donors (Lipinski definition) is 0. The molecule has 0 unspecified atom stereocenters. The number of benzene rings is 1. The molecule has 4 heteroatoms. The molecule has 1 aromatic rings. The van der Waals surface area contributed by atoms with Gasteiger partial charge in [-0.1, -0.05) is 0 Å². The standard InChI is InChI=1S/C8H10O.C5H5.2ClH.Ti/c1-6-4-3-5-7(2)8(6)9;1-2-4-5-3-1;;;/h3-5,9H,1-2H3;1-3H,4H2;2*1H;/q;;;;+1/p-1. The summed E-state index contributed by atoms with van der Waals surface area (Å²) in [6.07, 6.45) is 7.58. The average molecular weight is 307 g/mol. The Morgan fingerprint density at radius 3 is 2.29 bits per heavy atom. The van der Waals surface area contributed by atoms with Crippen LogP contribution in [-0.2, 0) is 19.5 Å². The molecule has 1 aliphatic rings. The predicted molar refractivity (Wildman–Crippen MR) is 72.9 cm³/mol. The molecule has 0 atom stereocenters. The monoisotopic (exact) mass is 306 g/mol. The van der Waals surface area contributed by atoms with E-state index in [9.17, 15) is 0 Å². The van der Waals surface area contributed by atoms with Crippen molar-refractivity contribution in [2.45, 2.75) is 20.3 Å². The summed E-state index contributed by atoms with van der Waals surface area (Å²) in [7, 11) is 0. The first-order valence-corrected chi connectivity index (χ1v) is 6.54. The second kappa shape index (κ2) is 7.99. The van der Waals surface area contributed by atoms with Crippen LogP contribution in [-0.4, -0.2) is 0 Å². The molecule has 2 rings (SSSR count). The molecule has 1 aliphatic carbocycles. The van der Waals surface area contributed by atoms with Crippen molar-refractivity contribution in [3.8, 4) is 5.75 Å². The molecule has 17 heavy (non-hydrogen) atoms. The molecule has 0 saturated carbocycles. The van der Waals surface area contributed by atoms with Gasteiger partial charge in [0.1, 0.15) is 0 Å². The molecule has 1 aromatic carbocycles. The fraction of sp³-hybridized carbons (Fsp3) is 0.231. The SMILES string of the molecule is Cc1cccc(C)c1[O][Ti][C]1=CC=CC1.Cl.Cl. The molecule has 0 aliphatic heterocycles. The zero-order valence-corrected chi connectivity index (χ0v) is 13.1. The third kappa shape index (κ3) is 4.52. The van der Waals surface area contributed by atoms with E-state index in [1.165, 1.54) is 15.0 Å². The summed E-state index contributed by atoms with van der Waals surface area (Å²) in [5, 5.41) is 0. The summed E-state index contributed by atoms with van der Waals surface area (Å²) < 4.78 is 7.44. The predicted octanol–water partition coefficient (Wildman–Crippen LogP) is 4.37. The maximum Gasteiger partial charge on any atom is -0.147 e. The maximum absolute atomic E-state index is 5.97. The maximum atomic E-state index is 5.97. The van der Waals surface area contributed by atoms with Crippen LogP contribution < -0.4 is 3.32 Å². The molecule has 0 radical (unpaired) electrons. The smallest absolute Gasteiger partial charge is 0.147 e. The van der Waals surface area contributed by atoms with E-state index in [1.807, 2.05) is 0 Å². The van der Waals surface area contributed by atoms with Gasteiger partial charge in [-0.15, -0.1) is 24.8 Å². The molecule has 0 heterocycles. The molecule has 1 nitrogen and oxygen atoms in total. The third-order valence-electron chi connectivity index (χ3n) is 2.46. The van der Waals surface area contributed by atoms with E-state index in [0.29, 0.717) is 0 Å². The minimum absolute atomic E-state index is 0. The molecular weight excluding hydrogens is 291 g/mol. The number of halogens is 2. The van der Waals surface area contributed by atoms with Crippen molar-refractivity contribution >= 4 is 24.8 Å². The van der Waals surface area contributed by atoms with Crippen molar-refractivity contribution in [2.75, 3.05) is 0 Å². The van der Waals surface area contributed by atoms with E-state index < -0.39 is 19.5 Å². The summed E-state index contributed by atoms with van der Waals surface area (Å²) in [6, 6.07) is 6.29. The van der Waals surface area contributed by atoms with Gasteiger partial charge < -0.3 is 0 Å². The van der Waals surface area contributed by atoms with Gasteiger partial charge in [-0.2, -0.15) is 0 Å². The first kappa shape index (κ1) is 16.8. The zero-order valence-electron chi connectivity index (χ0n) is 9.90. The van der Waals surface area contributed by atoms with E-state index in [2.05, 4.69) is 50.3 Å². The Hall–Kier alpha value is -0.206. The summed E-state index contributed by atoms with van der Waals surface area (Å²) in [5.74, 6) is 1.09. The minimum atomic E-state index is -0.429. The van der Waals surface area contributed by atoms with Gasteiger partial charge in [0.25, 0.3) is 0 Å². The Morgan fingerprint density at radius 1 is 1.12 bits per heavy atom. The van der Waals surface area contributed by atoms with E-state index in [4.69, 9.17) is 3.32 Å². The second-order valence-electron chi connectivity index (χ2n) is 3.75. The molecule has 0 spiro atoms. The van der Waals surface area contributed by atoms with Gasteiger partial charge in [0.05, 0.1) is 0 Å². The largest absolute Gasteiger partial charge is 0.147 e. The van der Waals surface area contributed by atoms with Crippen molar-refractivity contribution in [3.63, 3.8) is 0 Å². The fourth-order valence-electron chi connectivity index (χ4n) is 1.60. The average Bonchev–Trinajstić information content (AvgIpc) is 2.70. The third-order valence-corrected chi connectivity index (χ3v) is 3.93. The van der Waals surface area contributed by atoms with Gasteiger partial charge in [0.2, 0.25) is 0 Å². The van der Waals surface area contributed by atoms with Crippen LogP contribution in [0.5, 0.6) is 5.75 Å². The van der Waals surface area contributed by atoms with Gasteiger partial charge in [0, 0.05) is 0 Å². The molecule has 0 bridgehead atoms. The number of hydrogen-bond acceptors (Lipinski definition) is 1. The van der Waals surface area contributed by atoms with Crippen molar-refractivity contribution in [1.29, 1.82) is 0 Å². The summed E-state index contributed by atoms with van der Waals surface area (Å²) in [4.78, 5) is 0. The molecule has 92 valence electrons. The van der Waals surface area contributed by atoms with Crippen molar-refractivity contribution in [2.24, 2.45) is 0 Å². The van der Waals surface area contributed by atoms with Crippen LogP contribution in [0.1, 0.15) is 17.5 Å². The molecule has 0 aromatic heterocycles. The quantitative estimate of drug-likeness (QED) is 0.754. The number of para-hydroxylation sites is 1. The van der Waals surface area contributed by atoms with Gasteiger partial charge in [-0.05, 0) is 0 Å². The zero-order chi connectivity index (χ0) is 10.7. The van der Waals surface area contributed by atoms with E-state index >= 15 is 0 Å². The van der Waals surface area contributed by atoms with E-state index in [1.54, 1.807) is 0 Å². The van der Waals surface area contributed by atoms with Crippen LogP contribution in [0.3, 0.4) is 0 Å². The van der Waals surface area contributed by atoms with Crippen molar-refractivity contribution in [3.05, 3.63) is 51.4 Å². The first-order chi connectivity index (χ1) is 7.27. The van der Waals surface area contributed by atoms with Crippen LogP contribution in [0.15, 0.2) is 40.3 Å². The molecule has 0 saturated heterocycles. The van der Waals surface area contributed by atoms with Crippen LogP contribution in [0, 0.1) is 13.8 Å². The van der Waals surface area contributed by atoms with Gasteiger partial charge in [0.15, 0.2) is 0 Å². The van der Waals surface area contributed by atoms with E-state index in [0.717, 1.165) is 12.2 Å². The summed E-state index contributed by atoms with van der Waals surface area (Å²) in [5.41, 5.74) is 2.48. The Labute approximate surface area is 125 Å². The Kier molecular flexibility index (Phi) is 7.90.